The number of pyridine rings is 1. The van der Waals surface area contributed by atoms with Gasteiger partial charge in [0.05, 0.1) is 29.5 Å². The summed E-state index contributed by atoms with van der Waals surface area (Å²) < 4.78 is 6.79. The van der Waals surface area contributed by atoms with E-state index in [1.165, 1.54) is 10.3 Å². The Bertz CT molecular complexity index is 557. The van der Waals surface area contributed by atoms with E-state index in [1.807, 2.05) is 12.3 Å². The van der Waals surface area contributed by atoms with Crippen molar-refractivity contribution in [3.8, 4) is 0 Å². The molecule has 5 heteroatoms. The fourth-order valence-electron chi connectivity index (χ4n) is 2.41. The van der Waals surface area contributed by atoms with Gasteiger partial charge in [0.1, 0.15) is 0 Å². The second-order valence-electron chi connectivity index (χ2n) is 5.06. The van der Waals surface area contributed by atoms with Crippen LogP contribution in [0.5, 0.6) is 0 Å². The van der Waals surface area contributed by atoms with Gasteiger partial charge in [0.15, 0.2) is 0 Å². The Morgan fingerprint density at radius 1 is 1.58 bits per heavy atom. The van der Waals surface area contributed by atoms with Crippen LogP contribution in [0.15, 0.2) is 23.7 Å². The fourth-order valence-corrected chi connectivity index (χ4v) is 3.22. The lowest BCUT2D eigenvalue weighted by molar-refractivity contribution is -0.0805. The summed E-state index contributed by atoms with van der Waals surface area (Å²) in [6.45, 7) is 4.57. The Balaban J connectivity index is 1.75. The summed E-state index contributed by atoms with van der Waals surface area (Å²) in [6, 6.07) is 4.63. The molecule has 19 heavy (non-hydrogen) atoms. The Morgan fingerprint density at radius 3 is 3.32 bits per heavy atom. The van der Waals surface area contributed by atoms with Crippen molar-refractivity contribution < 1.29 is 9.84 Å². The van der Waals surface area contributed by atoms with Crippen molar-refractivity contribution in [2.75, 3.05) is 19.8 Å². The van der Waals surface area contributed by atoms with E-state index in [0.717, 1.165) is 18.6 Å². The van der Waals surface area contributed by atoms with Gasteiger partial charge in [-0.1, -0.05) is 0 Å². The van der Waals surface area contributed by atoms with Crippen LogP contribution in [0.3, 0.4) is 0 Å². The molecule has 3 rings (SSSR count). The molecule has 2 aromatic heterocycles. The van der Waals surface area contributed by atoms with Gasteiger partial charge in [-0.3, -0.25) is 9.88 Å². The lowest BCUT2D eigenvalue weighted by Crippen LogP contribution is -2.48. The summed E-state index contributed by atoms with van der Waals surface area (Å²) in [4.78, 5) is 6.82. The SMILES string of the molecule is CC1COC(CO)CN1Cc1cnc2ccsc2c1. The molecule has 2 aromatic rings. The monoisotopic (exact) mass is 278 g/mol. The van der Waals surface area contributed by atoms with Gasteiger partial charge in [0, 0.05) is 25.3 Å². The van der Waals surface area contributed by atoms with Crippen LogP contribution in [0.25, 0.3) is 10.2 Å². The van der Waals surface area contributed by atoms with Gasteiger partial charge in [-0.2, -0.15) is 0 Å². The third kappa shape index (κ3) is 2.79. The molecule has 0 radical (unpaired) electrons. The summed E-state index contributed by atoms with van der Waals surface area (Å²) in [5, 5.41) is 11.3. The highest BCUT2D eigenvalue weighted by Crippen LogP contribution is 2.21. The number of fused-ring (bicyclic) bond motifs is 1. The molecule has 2 atom stereocenters. The van der Waals surface area contributed by atoms with E-state index in [4.69, 9.17) is 4.74 Å². The van der Waals surface area contributed by atoms with Crippen LogP contribution in [0.4, 0.5) is 0 Å². The zero-order chi connectivity index (χ0) is 13.2. The first-order valence-corrected chi connectivity index (χ1v) is 7.43. The molecule has 1 fully saturated rings. The molecule has 102 valence electrons. The van der Waals surface area contributed by atoms with E-state index in [2.05, 4.69) is 28.3 Å². The number of aliphatic hydroxyl groups excluding tert-OH is 1. The minimum atomic E-state index is -0.0605. The Kier molecular flexibility index (Phi) is 3.79. The third-order valence-corrected chi connectivity index (χ3v) is 4.44. The number of hydrogen-bond acceptors (Lipinski definition) is 5. The number of aliphatic hydroxyl groups is 1. The molecular weight excluding hydrogens is 260 g/mol. The molecule has 4 nitrogen and oxygen atoms in total. The third-order valence-electron chi connectivity index (χ3n) is 3.58. The normalized spacial score (nSPS) is 24.9. The molecule has 0 saturated carbocycles. The average Bonchev–Trinajstić information content (AvgIpc) is 2.89. The predicted octanol–water partition coefficient (Wildman–Crippen LogP) is 1.88. The van der Waals surface area contributed by atoms with Crippen molar-refractivity contribution in [1.29, 1.82) is 0 Å². The van der Waals surface area contributed by atoms with Crippen LogP contribution >= 0.6 is 11.3 Å². The van der Waals surface area contributed by atoms with Crippen molar-refractivity contribution in [3.05, 3.63) is 29.3 Å². The van der Waals surface area contributed by atoms with Crippen molar-refractivity contribution >= 4 is 21.6 Å². The number of ether oxygens (including phenoxy) is 1. The van der Waals surface area contributed by atoms with E-state index < -0.39 is 0 Å². The smallest absolute Gasteiger partial charge is 0.0933 e. The minimum Gasteiger partial charge on any atom is -0.394 e. The van der Waals surface area contributed by atoms with Gasteiger partial charge >= 0.3 is 0 Å². The molecule has 1 N–H and O–H groups in total. The van der Waals surface area contributed by atoms with Crippen molar-refractivity contribution in [2.24, 2.45) is 0 Å². The number of hydrogen-bond donors (Lipinski definition) is 1. The van der Waals surface area contributed by atoms with Gasteiger partial charge in [0.2, 0.25) is 0 Å². The number of thiophene rings is 1. The lowest BCUT2D eigenvalue weighted by atomic mass is 10.1. The molecule has 0 bridgehead atoms. The molecule has 0 aliphatic carbocycles. The van der Waals surface area contributed by atoms with Crippen molar-refractivity contribution in [3.63, 3.8) is 0 Å². The van der Waals surface area contributed by atoms with Crippen molar-refractivity contribution in [1.82, 2.24) is 9.88 Å². The predicted molar refractivity (Wildman–Crippen MR) is 76.3 cm³/mol. The molecular formula is C14H18N2O2S. The fraction of sp³-hybridized carbons (Fsp3) is 0.500. The average molecular weight is 278 g/mol. The highest BCUT2D eigenvalue weighted by atomic mass is 32.1. The standard InChI is InChI=1S/C14H18N2O2S/c1-10-9-18-12(8-17)7-16(10)6-11-4-14-13(15-5-11)2-3-19-14/h2-5,10,12,17H,6-9H2,1H3. The number of nitrogens with zero attached hydrogens (tertiary/aromatic N) is 2. The van der Waals surface area contributed by atoms with Gasteiger partial charge < -0.3 is 9.84 Å². The zero-order valence-corrected chi connectivity index (χ0v) is 11.8. The second-order valence-corrected chi connectivity index (χ2v) is 6.01. The first-order chi connectivity index (χ1) is 9.26. The van der Waals surface area contributed by atoms with Crippen LogP contribution < -0.4 is 0 Å². The molecule has 1 aliphatic rings. The van der Waals surface area contributed by atoms with Crippen molar-refractivity contribution in [2.45, 2.75) is 25.6 Å². The van der Waals surface area contributed by atoms with Gasteiger partial charge in [-0.05, 0) is 30.0 Å². The van der Waals surface area contributed by atoms with Gasteiger partial charge in [-0.25, -0.2) is 0 Å². The Hall–Kier alpha value is -1.01. The van der Waals surface area contributed by atoms with Gasteiger partial charge in [-0.15, -0.1) is 11.3 Å². The summed E-state index contributed by atoms with van der Waals surface area (Å²) in [7, 11) is 0. The molecule has 0 amide bonds. The molecule has 1 aliphatic heterocycles. The summed E-state index contributed by atoms with van der Waals surface area (Å²) in [5.74, 6) is 0. The lowest BCUT2D eigenvalue weighted by Gasteiger charge is -2.37. The number of aromatic nitrogens is 1. The maximum Gasteiger partial charge on any atom is 0.0933 e. The summed E-state index contributed by atoms with van der Waals surface area (Å²) in [5.41, 5.74) is 2.29. The van der Waals surface area contributed by atoms with Crippen LogP contribution in [-0.4, -0.2) is 46.9 Å². The van der Waals surface area contributed by atoms with Gasteiger partial charge in [0.25, 0.3) is 0 Å². The largest absolute Gasteiger partial charge is 0.394 e. The molecule has 1 saturated heterocycles. The maximum absolute atomic E-state index is 9.21. The first kappa shape index (κ1) is 13.0. The van der Waals surface area contributed by atoms with E-state index in [-0.39, 0.29) is 12.7 Å². The minimum absolute atomic E-state index is 0.0605. The Labute approximate surface area is 116 Å². The number of morpholine rings is 1. The van der Waals surface area contributed by atoms with E-state index >= 15 is 0 Å². The van der Waals surface area contributed by atoms with E-state index in [9.17, 15) is 5.11 Å². The second kappa shape index (κ2) is 5.54. The molecule has 2 unspecified atom stereocenters. The molecule has 3 heterocycles. The van der Waals surface area contributed by atoms with Crippen LogP contribution in [0.1, 0.15) is 12.5 Å². The summed E-state index contributed by atoms with van der Waals surface area (Å²) >= 11 is 1.72. The first-order valence-electron chi connectivity index (χ1n) is 6.55. The molecule has 0 aromatic carbocycles. The van der Waals surface area contributed by atoms with Crippen LogP contribution in [0.2, 0.25) is 0 Å². The quantitative estimate of drug-likeness (QED) is 0.931. The van der Waals surface area contributed by atoms with Crippen LogP contribution in [-0.2, 0) is 11.3 Å². The topological polar surface area (TPSA) is 45.6 Å². The van der Waals surface area contributed by atoms with Crippen LogP contribution in [0, 0.1) is 0 Å². The molecule has 0 spiro atoms. The maximum atomic E-state index is 9.21. The highest BCUT2D eigenvalue weighted by Gasteiger charge is 2.25. The van der Waals surface area contributed by atoms with E-state index in [0.29, 0.717) is 12.6 Å². The zero-order valence-electron chi connectivity index (χ0n) is 11.0. The Morgan fingerprint density at radius 2 is 2.47 bits per heavy atom. The highest BCUT2D eigenvalue weighted by molar-refractivity contribution is 7.17. The summed E-state index contributed by atoms with van der Waals surface area (Å²) in [6.07, 6.45) is 1.89. The van der Waals surface area contributed by atoms with E-state index in [1.54, 1.807) is 11.3 Å². The number of rotatable bonds is 3.